The average molecular weight is 256 g/mol. The van der Waals surface area contributed by atoms with Crippen LogP contribution in [0.15, 0.2) is 36.5 Å². The van der Waals surface area contributed by atoms with Gasteiger partial charge in [-0.05, 0) is 18.6 Å². The number of aromatic nitrogens is 1. The summed E-state index contributed by atoms with van der Waals surface area (Å²) in [6.45, 7) is 4.38. The molecule has 0 saturated heterocycles. The van der Waals surface area contributed by atoms with Gasteiger partial charge in [0.2, 0.25) is 0 Å². The van der Waals surface area contributed by atoms with Crippen molar-refractivity contribution >= 4 is 10.9 Å². The third kappa shape index (κ3) is 1.98. The Morgan fingerprint density at radius 2 is 2.21 bits per heavy atom. The number of hydrogen-bond acceptors (Lipinski definition) is 3. The van der Waals surface area contributed by atoms with Gasteiger partial charge in [0.15, 0.2) is 0 Å². The fourth-order valence-corrected chi connectivity index (χ4v) is 2.80. The van der Waals surface area contributed by atoms with E-state index in [0.717, 1.165) is 29.5 Å². The van der Waals surface area contributed by atoms with Crippen molar-refractivity contribution in [3.05, 3.63) is 36.5 Å². The van der Waals surface area contributed by atoms with E-state index in [-0.39, 0.29) is 17.6 Å². The molecule has 0 amide bonds. The lowest BCUT2D eigenvalue weighted by molar-refractivity contribution is -0.0561. The van der Waals surface area contributed by atoms with Gasteiger partial charge in [-0.1, -0.05) is 32.0 Å². The molecule has 1 heterocycles. The Balaban J connectivity index is 1.82. The van der Waals surface area contributed by atoms with Gasteiger partial charge in [0.25, 0.3) is 0 Å². The second kappa shape index (κ2) is 4.49. The summed E-state index contributed by atoms with van der Waals surface area (Å²) in [5.41, 5.74) is 7.19. The van der Waals surface area contributed by atoms with Crippen LogP contribution in [0.1, 0.15) is 26.7 Å². The molecule has 1 aliphatic carbocycles. The summed E-state index contributed by atoms with van der Waals surface area (Å²) in [7, 11) is 0. The average Bonchev–Trinajstić information content (AvgIpc) is 2.46. The molecule has 19 heavy (non-hydrogen) atoms. The summed E-state index contributed by atoms with van der Waals surface area (Å²) in [5.74, 6) is 0.843. The molecule has 3 nitrogen and oxygen atoms in total. The molecule has 1 fully saturated rings. The number of nitrogens with zero attached hydrogens (tertiary/aromatic N) is 1. The lowest BCUT2D eigenvalue weighted by atomic mass is 9.62. The monoisotopic (exact) mass is 256 g/mol. The molecule has 3 unspecified atom stereocenters. The van der Waals surface area contributed by atoms with E-state index < -0.39 is 0 Å². The fraction of sp³-hybridized carbons (Fsp3) is 0.438. The summed E-state index contributed by atoms with van der Waals surface area (Å²) in [5, 5.41) is 1.11. The van der Waals surface area contributed by atoms with Gasteiger partial charge in [0, 0.05) is 23.3 Å². The molecule has 1 aromatic carbocycles. The van der Waals surface area contributed by atoms with Gasteiger partial charge in [-0.2, -0.15) is 0 Å². The molecule has 1 saturated carbocycles. The summed E-state index contributed by atoms with van der Waals surface area (Å²) in [6, 6.07) is 10.4. The molecule has 0 radical (unpaired) electrons. The van der Waals surface area contributed by atoms with Crippen molar-refractivity contribution in [3.63, 3.8) is 0 Å². The number of para-hydroxylation sites is 1. The normalized spacial score (nSPS) is 30.1. The van der Waals surface area contributed by atoms with E-state index in [0.29, 0.717) is 0 Å². The van der Waals surface area contributed by atoms with E-state index in [9.17, 15) is 0 Å². The maximum Gasteiger partial charge on any atom is 0.138 e. The van der Waals surface area contributed by atoms with Gasteiger partial charge in [0.1, 0.15) is 11.9 Å². The van der Waals surface area contributed by atoms with Gasteiger partial charge < -0.3 is 10.5 Å². The first-order valence-corrected chi connectivity index (χ1v) is 6.90. The quantitative estimate of drug-likeness (QED) is 0.917. The Morgan fingerprint density at radius 3 is 2.95 bits per heavy atom. The highest BCUT2D eigenvalue weighted by Gasteiger charge is 2.50. The largest absolute Gasteiger partial charge is 0.488 e. The standard InChI is InChI=1S/C16H20N2O/c1-3-16(2)14(17)9-15(16)19-12-8-11-6-4-5-7-13(11)18-10-12/h4-8,10,14-15H,3,9,17H2,1-2H3. The lowest BCUT2D eigenvalue weighted by Crippen LogP contribution is -2.61. The maximum atomic E-state index is 6.11. The minimum absolute atomic E-state index is 0.0889. The van der Waals surface area contributed by atoms with E-state index in [1.54, 1.807) is 0 Å². The molecule has 1 aromatic heterocycles. The van der Waals surface area contributed by atoms with Crippen LogP contribution >= 0.6 is 0 Å². The van der Waals surface area contributed by atoms with Crippen LogP contribution in [0.5, 0.6) is 5.75 Å². The van der Waals surface area contributed by atoms with Gasteiger partial charge in [0.05, 0.1) is 11.7 Å². The number of pyridine rings is 1. The summed E-state index contributed by atoms with van der Waals surface area (Å²) in [4.78, 5) is 4.43. The van der Waals surface area contributed by atoms with Crippen molar-refractivity contribution in [2.75, 3.05) is 0 Å². The van der Waals surface area contributed by atoms with Crippen molar-refractivity contribution in [2.24, 2.45) is 11.1 Å². The fourth-order valence-electron chi connectivity index (χ4n) is 2.80. The molecule has 2 N–H and O–H groups in total. The first-order valence-electron chi connectivity index (χ1n) is 6.90. The molecular weight excluding hydrogens is 236 g/mol. The zero-order valence-electron chi connectivity index (χ0n) is 11.5. The van der Waals surface area contributed by atoms with Crippen LogP contribution in [0, 0.1) is 5.41 Å². The molecule has 3 heteroatoms. The van der Waals surface area contributed by atoms with E-state index in [2.05, 4.69) is 31.0 Å². The van der Waals surface area contributed by atoms with Gasteiger partial charge >= 0.3 is 0 Å². The van der Waals surface area contributed by atoms with Crippen molar-refractivity contribution in [1.29, 1.82) is 0 Å². The van der Waals surface area contributed by atoms with Crippen LogP contribution in [0.25, 0.3) is 10.9 Å². The van der Waals surface area contributed by atoms with Crippen LogP contribution < -0.4 is 10.5 Å². The zero-order chi connectivity index (χ0) is 13.5. The Hall–Kier alpha value is -1.61. The molecule has 0 aliphatic heterocycles. The predicted octanol–water partition coefficient (Wildman–Crippen LogP) is 3.13. The van der Waals surface area contributed by atoms with E-state index in [4.69, 9.17) is 10.5 Å². The molecule has 2 aromatic rings. The van der Waals surface area contributed by atoms with Gasteiger partial charge in [-0.3, -0.25) is 4.98 Å². The number of rotatable bonds is 3. The molecule has 1 aliphatic rings. The smallest absolute Gasteiger partial charge is 0.138 e. The second-order valence-electron chi connectivity index (χ2n) is 5.67. The number of hydrogen-bond donors (Lipinski definition) is 1. The van der Waals surface area contributed by atoms with Crippen LogP contribution in [0.4, 0.5) is 0 Å². The van der Waals surface area contributed by atoms with E-state index in [1.165, 1.54) is 0 Å². The Bertz CT molecular complexity index is 598. The van der Waals surface area contributed by atoms with Gasteiger partial charge in [-0.15, -0.1) is 0 Å². The molecular formula is C16H20N2O. The van der Waals surface area contributed by atoms with Crippen molar-refractivity contribution in [3.8, 4) is 5.75 Å². The zero-order valence-corrected chi connectivity index (χ0v) is 11.5. The third-order valence-corrected chi connectivity index (χ3v) is 4.66. The highest BCUT2D eigenvalue weighted by Crippen LogP contribution is 2.44. The Labute approximate surface area is 113 Å². The molecule has 3 rings (SSSR count). The summed E-state index contributed by atoms with van der Waals surface area (Å²) < 4.78 is 6.09. The summed E-state index contributed by atoms with van der Waals surface area (Å²) >= 11 is 0. The second-order valence-corrected chi connectivity index (χ2v) is 5.67. The van der Waals surface area contributed by atoms with Crippen LogP contribution in [0.3, 0.4) is 0 Å². The lowest BCUT2D eigenvalue weighted by Gasteiger charge is -2.51. The Kier molecular flexibility index (Phi) is 2.94. The van der Waals surface area contributed by atoms with E-state index in [1.807, 2.05) is 24.4 Å². The molecule has 100 valence electrons. The minimum Gasteiger partial charge on any atom is -0.488 e. The number of benzene rings is 1. The Morgan fingerprint density at radius 1 is 1.42 bits per heavy atom. The summed E-state index contributed by atoms with van der Waals surface area (Å²) in [6.07, 6.45) is 3.98. The molecule has 0 spiro atoms. The van der Waals surface area contributed by atoms with E-state index >= 15 is 0 Å². The first kappa shape index (κ1) is 12.4. The van der Waals surface area contributed by atoms with Crippen molar-refractivity contribution < 1.29 is 4.74 Å². The molecule has 0 bridgehead atoms. The minimum atomic E-state index is 0.0889. The number of nitrogens with two attached hydrogens (primary N) is 1. The van der Waals surface area contributed by atoms with Crippen LogP contribution in [0.2, 0.25) is 0 Å². The first-order chi connectivity index (χ1) is 9.13. The third-order valence-electron chi connectivity index (χ3n) is 4.66. The number of fused-ring (bicyclic) bond motifs is 1. The SMILES string of the molecule is CCC1(C)C(N)CC1Oc1cnc2ccccc2c1. The van der Waals surface area contributed by atoms with Crippen LogP contribution in [-0.2, 0) is 0 Å². The van der Waals surface area contributed by atoms with Crippen molar-refractivity contribution in [2.45, 2.75) is 38.8 Å². The van der Waals surface area contributed by atoms with Crippen LogP contribution in [-0.4, -0.2) is 17.1 Å². The van der Waals surface area contributed by atoms with Crippen molar-refractivity contribution in [1.82, 2.24) is 4.98 Å². The topological polar surface area (TPSA) is 48.1 Å². The molecule has 3 atom stereocenters. The maximum absolute atomic E-state index is 6.11. The highest BCUT2D eigenvalue weighted by atomic mass is 16.5. The van der Waals surface area contributed by atoms with Gasteiger partial charge in [-0.25, -0.2) is 0 Å². The highest BCUT2D eigenvalue weighted by molar-refractivity contribution is 5.79. The number of ether oxygens (including phenoxy) is 1. The predicted molar refractivity (Wildman–Crippen MR) is 77.1 cm³/mol.